The van der Waals surface area contributed by atoms with Crippen molar-refractivity contribution in [1.82, 2.24) is 5.32 Å². The summed E-state index contributed by atoms with van der Waals surface area (Å²) in [6, 6.07) is 6.85. The van der Waals surface area contributed by atoms with Gasteiger partial charge in [0, 0.05) is 6.42 Å². The Morgan fingerprint density at radius 3 is 2.94 bits per heavy atom. The lowest BCUT2D eigenvalue weighted by atomic mass is 10.1. The summed E-state index contributed by atoms with van der Waals surface area (Å²) < 4.78 is 0. The predicted molar refractivity (Wildman–Crippen MR) is 60.7 cm³/mol. The number of aliphatic hydroxyl groups excluding tert-OH is 1. The minimum Gasteiger partial charge on any atom is -0.390 e. The molecule has 4 heteroatoms. The highest BCUT2D eigenvalue weighted by molar-refractivity contribution is 5.81. The Morgan fingerprint density at radius 2 is 2.25 bits per heavy atom. The molecule has 4 N–H and O–H groups in total. The highest BCUT2D eigenvalue weighted by Gasteiger charge is 2.32. The van der Waals surface area contributed by atoms with Gasteiger partial charge in [-0.25, -0.2) is 0 Å². The minimum absolute atomic E-state index is 0.235. The van der Waals surface area contributed by atoms with Gasteiger partial charge >= 0.3 is 0 Å². The molecule has 3 atom stereocenters. The molecule has 0 saturated heterocycles. The number of aliphatic hydroxyl groups is 1. The van der Waals surface area contributed by atoms with E-state index in [0.29, 0.717) is 6.42 Å². The molecule has 0 unspecified atom stereocenters. The monoisotopic (exact) mass is 220 g/mol. The van der Waals surface area contributed by atoms with E-state index in [-0.39, 0.29) is 11.9 Å². The van der Waals surface area contributed by atoms with Crippen LogP contribution in [-0.4, -0.2) is 23.2 Å². The molecule has 0 radical (unpaired) electrons. The summed E-state index contributed by atoms with van der Waals surface area (Å²) in [4.78, 5) is 11.5. The number of amides is 1. The number of nitrogens with one attached hydrogen (secondary N) is 1. The SMILES string of the molecule is C[C@H](N)C(=O)N[C@@H]1c2ccccc2C[C@@H]1O. The van der Waals surface area contributed by atoms with Crippen LogP contribution in [0.4, 0.5) is 0 Å². The second-order valence-electron chi connectivity index (χ2n) is 4.25. The van der Waals surface area contributed by atoms with Crippen molar-refractivity contribution in [3.05, 3.63) is 35.4 Å². The van der Waals surface area contributed by atoms with Crippen molar-refractivity contribution in [3.8, 4) is 0 Å². The lowest BCUT2D eigenvalue weighted by molar-refractivity contribution is -0.123. The van der Waals surface area contributed by atoms with Gasteiger partial charge in [-0.05, 0) is 18.1 Å². The van der Waals surface area contributed by atoms with Crippen LogP contribution < -0.4 is 11.1 Å². The first-order chi connectivity index (χ1) is 7.59. The third-order valence-corrected chi connectivity index (χ3v) is 2.92. The number of carbonyl (C=O) groups excluding carboxylic acids is 1. The Balaban J connectivity index is 2.19. The highest BCUT2D eigenvalue weighted by atomic mass is 16.3. The maximum atomic E-state index is 11.5. The first-order valence-electron chi connectivity index (χ1n) is 5.41. The van der Waals surface area contributed by atoms with Crippen LogP contribution in [0, 0.1) is 0 Å². The smallest absolute Gasteiger partial charge is 0.237 e. The molecular weight excluding hydrogens is 204 g/mol. The number of hydrogen-bond acceptors (Lipinski definition) is 3. The predicted octanol–water partition coefficient (Wildman–Crippen LogP) is 0.108. The van der Waals surface area contributed by atoms with Gasteiger partial charge in [0.15, 0.2) is 0 Å². The quantitative estimate of drug-likeness (QED) is 0.662. The van der Waals surface area contributed by atoms with Crippen molar-refractivity contribution in [2.45, 2.75) is 31.5 Å². The molecule has 0 spiro atoms. The van der Waals surface area contributed by atoms with Gasteiger partial charge in [0.2, 0.25) is 5.91 Å². The van der Waals surface area contributed by atoms with Crippen LogP contribution in [-0.2, 0) is 11.2 Å². The van der Waals surface area contributed by atoms with Gasteiger partial charge in [-0.15, -0.1) is 0 Å². The number of fused-ring (bicyclic) bond motifs is 1. The Kier molecular flexibility index (Phi) is 2.94. The summed E-state index contributed by atoms with van der Waals surface area (Å²) in [5.74, 6) is -0.235. The molecule has 86 valence electrons. The Labute approximate surface area is 94.5 Å². The van der Waals surface area contributed by atoms with E-state index in [0.717, 1.165) is 11.1 Å². The van der Waals surface area contributed by atoms with E-state index in [2.05, 4.69) is 5.32 Å². The molecule has 1 aromatic rings. The van der Waals surface area contributed by atoms with Crippen LogP contribution in [0.2, 0.25) is 0 Å². The van der Waals surface area contributed by atoms with Gasteiger partial charge in [-0.3, -0.25) is 4.79 Å². The zero-order valence-electron chi connectivity index (χ0n) is 9.18. The molecule has 1 amide bonds. The number of benzene rings is 1. The molecule has 16 heavy (non-hydrogen) atoms. The van der Waals surface area contributed by atoms with Gasteiger partial charge in [-0.1, -0.05) is 24.3 Å². The maximum Gasteiger partial charge on any atom is 0.237 e. The van der Waals surface area contributed by atoms with Crippen molar-refractivity contribution in [3.63, 3.8) is 0 Å². The van der Waals surface area contributed by atoms with E-state index in [1.807, 2.05) is 24.3 Å². The molecule has 1 aliphatic carbocycles. The van der Waals surface area contributed by atoms with Gasteiger partial charge < -0.3 is 16.2 Å². The third kappa shape index (κ3) is 1.94. The van der Waals surface area contributed by atoms with Crippen LogP contribution in [0.1, 0.15) is 24.1 Å². The largest absolute Gasteiger partial charge is 0.390 e. The lowest BCUT2D eigenvalue weighted by Gasteiger charge is -2.19. The van der Waals surface area contributed by atoms with Gasteiger partial charge in [0.1, 0.15) is 0 Å². The summed E-state index contributed by atoms with van der Waals surface area (Å²) >= 11 is 0. The zero-order chi connectivity index (χ0) is 11.7. The average Bonchev–Trinajstić information content (AvgIpc) is 2.55. The molecule has 0 bridgehead atoms. The fraction of sp³-hybridized carbons (Fsp3) is 0.417. The maximum absolute atomic E-state index is 11.5. The molecule has 0 heterocycles. The van der Waals surface area contributed by atoms with E-state index >= 15 is 0 Å². The Hall–Kier alpha value is -1.39. The first kappa shape index (κ1) is 11.1. The van der Waals surface area contributed by atoms with E-state index in [4.69, 9.17) is 5.73 Å². The number of hydrogen-bond donors (Lipinski definition) is 3. The summed E-state index contributed by atoms with van der Waals surface area (Å²) in [5.41, 5.74) is 7.56. The first-order valence-corrected chi connectivity index (χ1v) is 5.41. The summed E-state index contributed by atoms with van der Waals surface area (Å²) in [6.07, 6.45) is 0.0279. The number of rotatable bonds is 2. The van der Waals surface area contributed by atoms with E-state index in [1.54, 1.807) is 6.92 Å². The Morgan fingerprint density at radius 1 is 1.56 bits per heavy atom. The summed E-state index contributed by atoms with van der Waals surface area (Å²) in [6.45, 7) is 1.63. The van der Waals surface area contributed by atoms with E-state index in [1.165, 1.54) is 0 Å². The van der Waals surface area contributed by atoms with E-state index < -0.39 is 12.1 Å². The molecule has 0 aliphatic heterocycles. The van der Waals surface area contributed by atoms with Crippen LogP contribution in [0.25, 0.3) is 0 Å². The lowest BCUT2D eigenvalue weighted by Crippen LogP contribution is -2.42. The van der Waals surface area contributed by atoms with Crippen molar-refractivity contribution < 1.29 is 9.90 Å². The molecule has 2 rings (SSSR count). The van der Waals surface area contributed by atoms with E-state index in [9.17, 15) is 9.90 Å². The molecular formula is C12H16N2O2. The van der Waals surface area contributed by atoms with Crippen LogP contribution in [0.3, 0.4) is 0 Å². The molecule has 4 nitrogen and oxygen atoms in total. The van der Waals surface area contributed by atoms with Crippen molar-refractivity contribution in [1.29, 1.82) is 0 Å². The number of carbonyl (C=O) groups is 1. The molecule has 1 aliphatic rings. The molecule has 0 fully saturated rings. The standard InChI is InChI=1S/C12H16N2O2/c1-7(13)12(16)14-11-9-5-3-2-4-8(9)6-10(11)15/h2-5,7,10-11,15H,6,13H2,1H3,(H,14,16)/t7-,10-,11+/m0/s1. The molecule has 1 aromatic carbocycles. The summed E-state index contributed by atoms with van der Waals surface area (Å²) in [5, 5.41) is 12.7. The van der Waals surface area contributed by atoms with Gasteiger partial charge in [0.05, 0.1) is 18.2 Å². The second-order valence-corrected chi connectivity index (χ2v) is 4.25. The minimum atomic E-state index is -0.556. The fourth-order valence-electron chi connectivity index (χ4n) is 2.03. The highest BCUT2D eigenvalue weighted by Crippen LogP contribution is 2.31. The topological polar surface area (TPSA) is 75.4 Å². The van der Waals surface area contributed by atoms with Crippen LogP contribution >= 0.6 is 0 Å². The third-order valence-electron chi connectivity index (χ3n) is 2.92. The van der Waals surface area contributed by atoms with Crippen molar-refractivity contribution in [2.24, 2.45) is 5.73 Å². The normalized spacial score (nSPS) is 24.9. The van der Waals surface area contributed by atoms with Crippen molar-refractivity contribution in [2.75, 3.05) is 0 Å². The van der Waals surface area contributed by atoms with Crippen LogP contribution in [0.5, 0.6) is 0 Å². The molecule has 0 aromatic heterocycles. The second kappa shape index (κ2) is 4.23. The van der Waals surface area contributed by atoms with Crippen molar-refractivity contribution >= 4 is 5.91 Å². The van der Waals surface area contributed by atoms with Gasteiger partial charge in [0.25, 0.3) is 0 Å². The summed E-state index contributed by atoms with van der Waals surface area (Å²) in [7, 11) is 0. The number of nitrogens with two attached hydrogens (primary N) is 1. The average molecular weight is 220 g/mol. The Bertz CT molecular complexity index is 404. The molecule has 0 saturated carbocycles. The zero-order valence-corrected chi connectivity index (χ0v) is 9.18. The fourth-order valence-corrected chi connectivity index (χ4v) is 2.03. The van der Waals surface area contributed by atoms with Crippen LogP contribution in [0.15, 0.2) is 24.3 Å². The van der Waals surface area contributed by atoms with Gasteiger partial charge in [-0.2, -0.15) is 0 Å².